The molecule has 2 rings (SSSR count). The number of nitrogens with two attached hydrogens (primary N) is 1. The summed E-state index contributed by atoms with van der Waals surface area (Å²) in [6.07, 6.45) is 6.63. The quantitative estimate of drug-likeness (QED) is 0.878. The summed E-state index contributed by atoms with van der Waals surface area (Å²) in [5.74, 6) is 0. The van der Waals surface area contributed by atoms with E-state index in [0.29, 0.717) is 6.04 Å². The number of halogens is 1. The van der Waals surface area contributed by atoms with Crippen molar-refractivity contribution in [2.75, 3.05) is 13.1 Å². The highest BCUT2D eigenvalue weighted by Gasteiger charge is 2.29. The lowest BCUT2D eigenvalue weighted by molar-refractivity contribution is 0.0929. The van der Waals surface area contributed by atoms with Gasteiger partial charge in [0.1, 0.15) is 0 Å². The largest absolute Gasteiger partial charge is 0.329 e. The number of hydrogen-bond acceptors (Lipinski definition) is 3. The van der Waals surface area contributed by atoms with Crippen LogP contribution in [0, 0.1) is 0 Å². The fourth-order valence-electron chi connectivity index (χ4n) is 2.99. The van der Waals surface area contributed by atoms with E-state index in [-0.39, 0.29) is 0 Å². The van der Waals surface area contributed by atoms with Crippen molar-refractivity contribution in [2.24, 2.45) is 5.73 Å². The van der Waals surface area contributed by atoms with Crippen LogP contribution in [-0.2, 0) is 0 Å². The molecule has 18 heavy (non-hydrogen) atoms. The molecule has 2 nitrogen and oxygen atoms in total. The molecule has 1 aromatic heterocycles. The highest BCUT2D eigenvalue weighted by molar-refractivity contribution is 9.10. The summed E-state index contributed by atoms with van der Waals surface area (Å²) in [5.41, 5.74) is 6.05. The Kier molecular flexibility index (Phi) is 5.67. The van der Waals surface area contributed by atoms with Crippen LogP contribution < -0.4 is 5.73 Å². The lowest BCUT2D eigenvalue weighted by atomic mass is 9.95. The fraction of sp³-hybridized carbons (Fsp3) is 0.714. The zero-order valence-corrected chi connectivity index (χ0v) is 13.5. The van der Waals surface area contributed by atoms with Gasteiger partial charge in [0.05, 0.1) is 6.04 Å². The molecule has 0 bridgehead atoms. The topological polar surface area (TPSA) is 29.3 Å². The maximum atomic E-state index is 6.05. The molecule has 0 saturated carbocycles. The predicted octanol–water partition coefficient (Wildman–Crippen LogP) is 4.17. The molecule has 0 aliphatic carbocycles. The maximum Gasteiger partial charge on any atom is 0.0567 e. The molecular weight excluding hydrogens is 308 g/mol. The first-order chi connectivity index (χ1) is 8.76. The van der Waals surface area contributed by atoms with Gasteiger partial charge in [0.25, 0.3) is 0 Å². The molecule has 1 saturated heterocycles. The summed E-state index contributed by atoms with van der Waals surface area (Å²) in [6.45, 7) is 4.22. The fourth-order valence-corrected chi connectivity index (χ4v) is 4.57. The number of nitrogens with zero attached hydrogens (tertiary/aromatic N) is 1. The van der Waals surface area contributed by atoms with E-state index in [9.17, 15) is 0 Å². The van der Waals surface area contributed by atoms with Crippen LogP contribution >= 0.6 is 27.3 Å². The van der Waals surface area contributed by atoms with E-state index < -0.39 is 0 Å². The Morgan fingerprint density at radius 3 is 3.00 bits per heavy atom. The molecule has 0 amide bonds. The predicted molar refractivity (Wildman–Crippen MR) is 83.1 cm³/mol. The Morgan fingerprint density at radius 1 is 1.56 bits per heavy atom. The van der Waals surface area contributed by atoms with Crippen LogP contribution in [0.4, 0.5) is 0 Å². The first-order valence-corrected chi connectivity index (χ1v) is 8.63. The number of piperidine rings is 1. The van der Waals surface area contributed by atoms with Gasteiger partial charge in [-0.25, -0.2) is 0 Å². The second-order valence-electron chi connectivity index (χ2n) is 5.09. The molecule has 1 fully saturated rings. The van der Waals surface area contributed by atoms with Crippen molar-refractivity contribution in [1.82, 2.24) is 4.90 Å². The van der Waals surface area contributed by atoms with E-state index >= 15 is 0 Å². The van der Waals surface area contributed by atoms with Crippen molar-refractivity contribution in [3.8, 4) is 0 Å². The van der Waals surface area contributed by atoms with Gasteiger partial charge in [-0.1, -0.05) is 19.8 Å². The molecular formula is C14H23BrN2S. The third kappa shape index (κ3) is 3.35. The van der Waals surface area contributed by atoms with Gasteiger partial charge in [0.2, 0.25) is 0 Å². The van der Waals surface area contributed by atoms with Crippen molar-refractivity contribution < 1.29 is 0 Å². The van der Waals surface area contributed by atoms with E-state index in [1.54, 1.807) is 0 Å². The third-order valence-electron chi connectivity index (χ3n) is 3.83. The molecule has 102 valence electrons. The molecule has 0 spiro atoms. The normalized spacial score (nSPS) is 23.2. The minimum atomic E-state index is 0.415. The Bertz CT molecular complexity index is 364. The van der Waals surface area contributed by atoms with Gasteiger partial charge in [0.15, 0.2) is 0 Å². The van der Waals surface area contributed by atoms with Crippen molar-refractivity contribution in [3.05, 3.63) is 20.8 Å². The van der Waals surface area contributed by atoms with E-state index in [4.69, 9.17) is 5.73 Å². The SMILES string of the molecule is CCCC1CCCCN1C(CN)c1cc(Br)cs1. The second-order valence-corrected chi connectivity index (χ2v) is 6.95. The summed E-state index contributed by atoms with van der Waals surface area (Å²) in [6, 6.07) is 3.39. The summed E-state index contributed by atoms with van der Waals surface area (Å²) >= 11 is 5.38. The van der Waals surface area contributed by atoms with E-state index in [0.717, 1.165) is 12.6 Å². The molecule has 2 unspecified atom stereocenters. The minimum Gasteiger partial charge on any atom is -0.329 e. The smallest absolute Gasteiger partial charge is 0.0567 e. The van der Waals surface area contributed by atoms with Crippen molar-refractivity contribution in [1.29, 1.82) is 0 Å². The van der Waals surface area contributed by atoms with Crippen molar-refractivity contribution in [3.63, 3.8) is 0 Å². The molecule has 2 N–H and O–H groups in total. The molecule has 1 aliphatic rings. The number of thiophene rings is 1. The molecule has 0 aromatic carbocycles. The van der Waals surface area contributed by atoms with Crippen LogP contribution in [-0.4, -0.2) is 24.0 Å². The Labute approximate surface area is 123 Å². The highest BCUT2D eigenvalue weighted by Crippen LogP contribution is 2.34. The summed E-state index contributed by atoms with van der Waals surface area (Å²) in [4.78, 5) is 4.07. The lowest BCUT2D eigenvalue weighted by Crippen LogP contribution is -2.44. The van der Waals surface area contributed by atoms with Gasteiger partial charge in [-0.05, 0) is 47.8 Å². The van der Waals surface area contributed by atoms with Gasteiger partial charge in [-0.3, -0.25) is 4.90 Å². The first-order valence-electron chi connectivity index (χ1n) is 6.96. The minimum absolute atomic E-state index is 0.415. The van der Waals surface area contributed by atoms with Crippen LogP contribution in [0.25, 0.3) is 0 Å². The Hall–Kier alpha value is 0.1000. The van der Waals surface area contributed by atoms with Crippen LogP contribution in [0.2, 0.25) is 0 Å². The third-order valence-corrected chi connectivity index (χ3v) is 5.63. The van der Waals surface area contributed by atoms with Crippen molar-refractivity contribution >= 4 is 27.3 Å². The molecule has 2 atom stereocenters. The number of rotatable bonds is 5. The summed E-state index contributed by atoms with van der Waals surface area (Å²) in [5, 5.41) is 2.16. The van der Waals surface area contributed by atoms with Gasteiger partial charge < -0.3 is 5.73 Å². The van der Waals surface area contributed by atoms with Gasteiger partial charge in [-0.2, -0.15) is 0 Å². The Morgan fingerprint density at radius 2 is 2.39 bits per heavy atom. The molecule has 1 aromatic rings. The molecule has 2 heterocycles. The van der Waals surface area contributed by atoms with Crippen LogP contribution in [0.3, 0.4) is 0 Å². The van der Waals surface area contributed by atoms with E-state index in [1.165, 1.54) is 48.0 Å². The zero-order valence-electron chi connectivity index (χ0n) is 11.1. The van der Waals surface area contributed by atoms with Crippen LogP contribution in [0.15, 0.2) is 15.9 Å². The first kappa shape index (κ1) is 14.5. The molecule has 4 heteroatoms. The van der Waals surface area contributed by atoms with E-state index in [1.807, 2.05) is 11.3 Å². The summed E-state index contributed by atoms with van der Waals surface area (Å²) < 4.78 is 1.19. The monoisotopic (exact) mass is 330 g/mol. The maximum absolute atomic E-state index is 6.05. The molecule has 0 radical (unpaired) electrons. The van der Waals surface area contributed by atoms with E-state index in [2.05, 4.69) is 39.2 Å². The number of likely N-dealkylation sites (tertiary alicyclic amines) is 1. The number of hydrogen-bond donors (Lipinski definition) is 1. The zero-order chi connectivity index (χ0) is 13.0. The average Bonchev–Trinajstić information content (AvgIpc) is 2.79. The average molecular weight is 331 g/mol. The van der Waals surface area contributed by atoms with Crippen LogP contribution in [0.5, 0.6) is 0 Å². The standard InChI is InChI=1S/C14H23BrN2S/c1-2-5-12-6-3-4-7-17(12)13(9-16)14-8-11(15)10-18-14/h8,10,12-13H,2-7,9,16H2,1H3. The van der Waals surface area contributed by atoms with Crippen LogP contribution in [0.1, 0.15) is 49.9 Å². The van der Waals surface area contributed by atoms with Crippen molar-refractivity contribution in [2.45, 2.75) is 51.1 Å². The molecule has 1 aliphatic heterocycles. The van der Waals surface area contributed by atoms with Gasteiger partial charge in [-0.15, -0.1) is 11.3 Å². The lowest BCUT2D eigenvalue weighted by Gasteiger charge is -2.40. The van der Waals surface area contributed by atoms with Gasteiger partial charge >= 0.3 is 0 Å². The summed E-state index contributed by atoms with van der Waals surface area (Å²) in [7, 11) is 0. The van der Waals surface area contributed by atoms with Gasteiger partial charge in [0, 0.05) is 27.3 Å². The highest BCUT2D eigenvalue weighted by atomic mass is 79.9. The Balaban J connectivity index is 2.14. The second kappa shape index (κ2) is 7.04.